The quantitative estimate of drug-likeness (QED) is 0.661. The van der Waals surface area contributed by atoms with Gasteiger partial charge in [-0.05, 0) is 36.2 Å². The number of benzene rings is 1. The van der Waals surface area contributed by atoms with E-state index in [-0.39, 0.29) is 6.54 Å². The van der Waals surface area contributed by atoms with Crippen molar-refractivity contribution < 1.29 is 22.4 Å². The van der Waals surface area contributed by atoms with Crippen molar-refractivity contribution in [2.75, 3.05) is 18.0 Å². The van der Waals surface area contributed by atoms with E-state index in [0.29, 0.717) is 35.5 Å². The van der Waals surface area contributed by atoms with E-state index in [1.165, 1.54) is 30.5 Å². The molecule has 0 spiro atoms. The van der Waals surface area contributed by atoms with Crippen LogP contribution in [-0.4, -0.2) is 46.2 Å². The molecular weight excluding hydrogens is 402 g/mol. The van der Waals surface area contributed by atoms with Gasteiger partial charge in [0.2, 0.25) is 0 Å². The number of rotatable bonds is 3. The van der Waals surface area contributed by atoms with Crippen LogP contribution in [0.25, 0.3) is 11.2 Å². The largest absolute Gasteiger partial charge is 0.471 e. The zero-order valence-electron chi connectivity index (χ0n) is 15.6. The van der Waals surface area contributed by atoms with Gasteiger partial charge in [0, 0.05) is 31.4 Å². The van der Waals surface area contributed by atoms with E-state index in [4.69, 9.17) is 0 Å². The van der Waals surface area contributed by atoms with Gasteiger partial charge in [-0.1, -0.05) is 12.1 Å². The number of aromatic nitrogens is 3. The minimum Gasteiger partial charge on any atom is -0.354 e. The Morgan fingerprint density at radius 1 is 1.07 bits per heavy atom. The lowest BCUT2D eigenvalue weighted by molar-refractivity contribution is -0.174. The first kappa shape index (κ1) is 20.0. The third-order valence-electron chi connectivity index (χ3n) is 5.13. The molecule has 0 bridgehead atoms. The summed E-state index contributed by atoms with van der Waals surface area (Å²) in [7, 11) is 0. The number of amides is 1. The summed E-state index contributed by atoms with van der Waals surface area (Å²) in [5, 5.41) is 2.10. The van der Waals surface area contributed by atoms with Crippen molar-refractivity contribution in [3.8, 4) is 0 Å². The number of halogens is 4. The molecule has 3 heterocycles. The highest BCUT2D eigenvalue weighted by Crippen LogP contribution is 2.31. The van der Waals surface area contributed by atoms with Gasteiger partial charge in [0.25, 0.3) is 0 Å². The van der Waals surface area contributed by atoms with Crippen molar-refractivity contribution in [1.82, 2.24) is 20.3 Å². The summed E-state index contributed by atoms with van der Waals surface area (Å²) in [6, 6.07) is 8.20. The van der Waals surface area contributed by atoms with Crippen molar-refractivity contribution in [3.05, 3.63) is 60.2 Å². The van der Waals surface area contributed by atoms with E-state index in [1.807, 2.05) is 0 Å². The number of pyridine rings is 1. The van der Waals surface area contributed by atoms with Crippen molar-refractivity contribution in [3.63, 3.8) is 0 Å². The van der Waals surface area contributed by atoms with E-state index in [1.54, 1.807) is 23.2 Å². The topological polar surface area (TPSA) is 71.0 Å². The summed E-state index contributed by atoms with van der Waals surface area (Å²) in [5.74, 6) is -2.30. The fraction of sp³-hybridized carbons (Fsp3) is 0.300. The first-order valence-corrected chi connectivity index (χ1v) is 9.27. The molecule has 10 heteroatoms. The van der Waals surface area contributed by atoms with Crippen LogP contribution in [0.3, 0.4) is 0 Å². The molecule has 2 aromatic heterocycles. The number of carbonyl (C=O) groups excluding carboxylic acids is 1. The van der Waals surface area contributed by atoms with Gasteiger partial charge in [0.05, 0.1) is 6.04 Å². The fourth-order valence-corrected chi connectivity index (χ4v) is 3.69. The standard InChI is InChI=1S/C20H17F4N5O/c21-13-3-1-12(2-4-13)14-7-10-29(11-16(14)27-19(30)20(22,23)24)17-6-5-15-18(28-17)26-9-8-25-15/h1-6,8-9,14,16H,7,10-11H2,(H,27,30). The molecule has 3 aromatic rings. The normalized spacial score (nSPS) is 19.7. The van der Waals surface area contributed by atoms with Crippen molar-refractivity contribution >= 4 is 22.9 Å². The van der Waals surface area contributed by atoms with Gasteiger partial charge in [-0.2, -0.15) is 13.2 Å². The first-order chi connectivity index (χ1) is 14.3. The molecule has 1 amide bonds. The smallest absolute Gasteiger partial charge is 0.354 e. The molecule has 1 saturated heterocycles. The van der Waals surface area contributed by atoms with Crippen LogP contribution in [0.2, 0.25) is 0 Å². The Bertz CT molecular complexity index is 1060. The maximum absolute atomic E-state index is 13.3. The molecule has 30 heavy (non-hydrogen) atoms. The SMILES string of the molecule is O=C(NC1CN(c2ccc3nccnc3n2)CCC1c1ccc(F)cc1)C(F)(F)F. The number of hydrogen-bond acceptors (Lipinski definition) is 5. The maximum atomic E-state index is 13.3. The minimum absolute atomic E-state index is 0.114. The third-order valence-corrected chi connectivity index (χ3v) is 5.13. The summed E-state index contributed by atoms with van der Waals surface area (Å²) >= 11 is 0. The predicted octanol–water partition coefficient (Wildman–Crippen LogP) is 3.20. The molecule has 1 fully saturated rings. The van der Waals surface area contributed by atoms with Crippen LogP contribution < -0.4 is 10.2 Å². The average Bonchev–Trinajstić information content (AvgIpc) is 2.73. The molecule has 0 saturated carbocycles. The Hall–Kier alpha value is -3.30. The van der Waals surface area contributed by atoms with Gasteiger partial charge in [-0.25, -0.2) is 14.4 Å². The number of alkyl halides is 3. The summed E-state index contributed by atoms with van der Waals surface area (Å²) in [5.41, 5.74) is 1.69. The Kier molecular flexibility index (Phi) is 5.23. The molecule has 6 nitrogen and oxygen atoms in total. The summed E-state index contributed by atoms with van der Waals surface area (Å²) in [4.78, 5) is 26.2. The van der Waals surface area contributed by atoms with Crippen molar-refractivity contribution in [1.29, 1.82) is 0 Å². The van der Waals surface area contributed by atoms with E-state index in [9.17, 15) is 22.4 Å². The predicted molar refractivity (Wildman–Crippen MR) is 101 cm³/mol. The second-order valence-electron chi connectivity index (χ2n) is 7.04. The zero-order chi connectivity index (χ0) is 21.3. The van der Waals surface area contributed by atoms with Crippen molar-refractivity contribution in [2.45, 2.75) is 24.6 Å². The maximum Gasteiger partial charge on any atom is 0.471 e. The molecule has 156 valence electrons. The van der Waals surface area contributed by atoms with Crippen LogP contribution in [-0.2, 0) is 4.79 Å². The lowest BCUT2D eigenvalue weighted by atomic mass is 9.85. The molecule has 2 unspecified atom stereocenters. The third kappa shape index (κ3) is 4.17. The highest BCUT2D eigenvalue weighted by molar-refractivity contribution is 5.82. The summed E-state index contributed by atoms with van der Waals surface area (Å²) in [6.45, 7) is 0.613. The number of piperidine rings is 1. The Labute approximate surface area is 169 Å². The van der Waals surface area contributed by atoms with Crippen LogP contribution in [0.4, 0.5) is 23.4 Å². The van der Waals surface area contributed by atoms with E-state index in [0.717, 1.165) is 0 Å². The molecule has 1 aliphatic heterocycles. The van der Waals surface area contributed by atoms with E-state index in [2.05, 4.69) is 20.3 Å². The average molecular weight is 419 g/mol. The Morgan fingerprint density at radius 2 is 1.80 bits per heavy atom. The molecule has 2 atom stereocenters. The summed E-state index contributed by atoms with van der Waals surface area (Å²) in [6.07, 6.45) is -1.49. The van der Waals surface area contributed by atoms with Gasteiger partial charge >= 0.3 is 12.1 Å². The van der Waals surface area contributed by atoms with Crippen LogP contribution in [0.5, 0.6) is 0 Å². The summed E-state index contributed by atoms with van der Waals surface area (Å²) < 4.78 is 51.9. The second-order valence-corrected chi connectivity index (χ2v) is 7.04. The second kappa shape index (κ2) is 7.85. The Morgan fingerprint density at radius 3 is 2.53 bits per heavy atom. The number of nitrogens with zero attached hydrogens (tertiary/aromatic N) is 4. The van der Waals surface area contributed by atoms with E-state index < -0.39 is 29.9 Å². The fourth-order valence-electron chi connectivity index (χ4n) is 3.69. The van der Waals surface area contributed by atoms with Crippen LogP contribution in [0.1, 0.15) is 17.9 Å². The van der Waals surface area contributed by atoms with Crippen LogP contribution in [0.15, 0.2) is 48.8 Å². The molecule has 4 rings (SSSR count). The minimum atomic E-state index is -4.99. The van der Waals surface area contributed by atoms with Gasteiger partial charge in [0.15, 0.2) is 5.65 Å². The number of nitrogens with one attached hydrogen (secondary N) is 1. The first-order valence-electron chi connectivity index (χ1n) is 9.27. The highest BCUT2D eigenvalue weighted by Gasteiger charge is 2.42. The number of fused-ring (bicyclic) bond motifs is 1. The Balaban J connectivity index is 1.61. The monoisotopic (exact) mass is 419 g/mol. The lowest BCUT2D eigenvalue weighted by Crippen LogP contribution is -2.54. The number of carbonyl (C=O) groups is 1. The van der Waals surface area contributed by atoms with Gasteiger partial charge < -0.3 is 10.2 Å². The van der Waals surface area contributed by atoms with Crippen molar-refractivity contribution in [2.24, 2.45) is 0 Å². The molecule has 0 aliphatic carbocycles. The van der Waals surface area contributed by atoms with Gasteiger partial charge in [-0.3, -0.25) is 9.78 Å². The lowest BCUT2D eigenvalue weighted by Gasteiger charge is -2.40. The molecular formula is C20H17F4N5O. The van der Waals surface area contributed by atoms with Gasteiger partial charge in [0.1, 0.15) is 17.2 Å². The van der Waals surface area contributed by atoms with Gasteiger partial charge in [-0.15, -0.1) is 0 Å². The molecule has 1 aromatic carbocycles. The molecule has 1 aliphatic rings. The van der Waals surface area contributed by atoms with Crippen LogP contribution in [0, 0.1) is 5.82 Å². The highest BCUT2D eigenvalue weighted by atomic mass is 19.4. The number of anilines is 1. The number of hydrogen-bond donors (Lipinski definition) is 1. The zero-order valence-corrected chi connectivity index (χ0v) is 15.6. The van der Waals surface area contributed by atoms with Crippen LogP contribution >= 0.6 is 0 Å². The van der Waals surface area contributed by atoms with E-state index >= 15 is 0 Å². The molecule has 0 radical (unpaired) electrons. The molecule has 1 N–H and O–H groups in total.